The van der Waals surface area contributed by atoms with E-state index < -0.39 is 35.2 Å². The summed E-state index contributed by atoms with van der Waals surface area (Å²) in [5.74, 6) is -0.751. The Hall–Kier alpha value is -3.00. The van der Waals surface area contributed by atoms with Gasteiger partial charge in [0.05, 0.1) is 0 Å². The first kappa shape index (κ1) is 29.2. The number of carbonyl (C=O) groups excluding carboxylic acids is 3. The number of benzene rings is 2. The van der Waals surface area contributed by atoms with Crippen molar-refractivity contribution in [3.05, 3.63) is 65.2 Å². The molecule has 36 heavy (non-hydrogen) atoms. The van der Waals surface area contributed by atoms with Crippen molar-refractivity contribution in [3.63, 3.8) is 0 Å². The first-order valence-electron chi connectivity index (χ1n) is 12.0. The molecule has 0 aliphatic rings. The largest absolute Gasteiger partial charge is 0.444 e. The molecule has 3 amide bonds. The van der Waals surface area contributed by atoms with Gasteiger partial charge in [0, 0.05) is 17.0 Å². The van der Waals surface area contributed by atoms with Crippen LogP contribution in [0.1, 0.15) is 64.3 Å². The minimum absolute atomic E-state index is 0.0323. The average Bonchev–Trinajstić information content (AvgIpc) is 2.75. The SMILES string of the molecule is Cc1ccccc1NC(=O)C(c1ccccc1C)N(C(=O)C(CS)NC(=O)OC(C)(C)C)C(C)(C)C. The summed E-state index contributed by atoms with van der Waals surface area (Å²) < 4.78 is 5.36. The number of hydrogen-bond donors (Lipinski definition) is 3. The molecule has 0 bridgehead atoms. The molecule has 2 aromatic rings. The van der Waals surface area contributed by atoms with E-state index in [2.05, 4.69) is 23.3 Å². The van der Waals surface area contributed by atoms with Crippen LogP contribution in [0.15, 0.2) is 48.5 Å². The van der Waals surface area contributed by atoms with E-state index in [1.54, 1.807) is 20.8 Å². The number of alkyl carbamates (subject to hydrolysis) is 1. The number of para-hydroxylation sites is 1. The third kappa shape index (κ3) is 7.75. The van der Waals surface area contributed by atoms with Gasteiger partial charge in [-0.25, -0.2) is 4.79 Å². The molecule has 2 aromatic carbocycles. The Morgan fingerprint density at radius 1 is 0.917 bits per heavy atom. The van der Waals surface area contributed by atoms with Crippen LogP contribution >= 0.6 is 12.6 Å². The van der Waals surface area contributed by atoms with Crippen LogP contribution in [0, 0.1) is 13.8 Å². The molecule has 196 valence electrons. The number of carbonyl (C=O) groups is 3. The van der Waals surface area contributed by atoms with Crippen molar-refractivity contribution in [1.29, 1.82) is 0 Å². The Morgan fingerprint density at radius 2 is 1.47 bits per heavy atom. The maximum atomic E-state index is 14.0. The van der Waals surface area contributed by atoms with Gasteiger partial charge in [-0.15, -0.1) is 0 Å². The highest BCUT2D eigenvalue weighted by molar-refractivity contribution is 7.80. The van der Waals surface area contributed by atoms with E-state index in [0.717, 1.165) is 11.1 Å². The molecular weight excluding hydrogens is 474 g/mol. The van der Waals surface area contributed by atoms with Crippen molar-refractivity contribution in [2.24, 2.45) is 0 Å². The Labute approximate surface area is 220 Å². The summed E-state index contributed by atoms with van der Waals surface area (Å²) in [4.78, 5) is 41.9. The molecule has 0 heterocycles. The van der Waals surface area contributed by atoms with Crippen LogP contribution < -0.4 is 10.6 Å². The second-order valence-corrected chi connectivity index (χ2v) is 11.2. The molecule has 0 saturated carbocycles. The highest BCUT2D eigenvalue weighted by Crippen LogP contribution is 2.33. The zero-order valence-corrected chi connectivity index (χ0v) is 23.4. The molecular formula is C28H39N3O4S. The van der Waals surface area contributed by atoms with Gasteiger partial charge in [0.15, 0.2) is 0 Å². The standard InChI is InChI=1S/C28H39N3O4S/c1-18-13-9-11-15-20(18)23(24(32)29-21-16-12-10-14-19(21)2)31(27(3,4)5)25(33)22(17-36)30-26(34)35-28(6,7)8/h9-16,22-23,36H,17H2,1-8H3,(H,29,32)(H,30,34). The lowest BCUT2D eigenvalue weighted by Gasteiger charge is -2.43. The highest BCUT2D eigenvalue weighted by Gasteiger charge is 2.42. The average molecular weight is 514 g/mol. The van der Waals surface area contributed by atoms with Gasteiger partial charge in [0.25, 0.3) is 5.91 Å². The number of ether oxygens (including phenoxy) is 1. The molecule has 0 aromatic heterocycles. The predicted molar refractivity (Wildman–Crippen MR) is 147 cm³/mol. The zero-order chi connectivity index (χ0) is 27.3. The quantitative estimate of drug-likeness (QED) is 0.431. The van der Waals surface area contributed by atoms with Crippen molar-refractivity contribution in [2.75, 3.05) is 11.1 Å². The summed E-state index contributed by atoms with van der Waals surface area (Å²) in [6.07, 6.45) is -0.722. The van der Waals surface area contributed by atoms with Gasteiger partial charge in [-0.3, -0.25) is 9.59 Å². The van der Waals surface area contributed by atoms with E-state index in [4.69, 9.17) is 4.74 Å². The van der Waals surface area contributed by atoms with Crippen LogP contribution in [0.25, 0.3) is 0 Å². The minimum atomic E-state index is -1.000. The molecule has 0 aliphatic heterocycles. The van der Waals surface area contributed by atoms with Gasteiger partial charge in [-0.1, -0.05) is 42.5 Å². The summed E-state index contributed by atoms with van der Waals surface area (Å²) in [6, 6.07) is 13.0. The van der Waals surface area contributed by atoms with Crippen LogP contribution in [-0.4, -0.2) is 45.7 Å². The van der Waals surface area contributed by atoms with Gasteiger partial charge in [0.1, 0.15) is 17.7 Å². The van der Waals surface area contributed by atoms with Crippen molar-refractivity contribution >= 4 is 36.2 Å². The maximum absolute atomic E-state index is 14.0. The maximum Gasteiger partial charge on any atom is 0.408 e. The monoisotopic (exact) mass is 513 g/mol. The number of thiol groups is 1. The highest BCUT2D eigenvalue weighted by atomic mass is 32.1. The van der Waals surface area contributed by atoms with E-state index in [9.17, 15) is 14.4 Å². The number of rotatable bonds is 7. The molecule has 2 N–H and O–H groups in total. The summed E-state index contributed by atoms with van der Waals surface area (Å²) in [5.41, 5.74) is 1.64. The second-order valence-electron chi connectivity index (χ2n) is 10.8. The van der Waals surface area contributed by atoms with Crippen LogP contribution in [0.5, 0.6) is 0 Å². The topological polar surface area (TPSA) is 87.7 Å². The summed E-state index contributed by atoms with van der Waals surface area (Å²) in [5, 5.41) is 5.64. The molecule has 2 unspecified atom stereocenters. The van der Waals surface area contributed by atoms with Crippen molar-refractivity contribution in [3.8, 4) is 0 Å². The first-order chi connectivity index (χ1) is 16.7. The summed E-state index contributed by atoms with van der Waals surface area (Å²) in [7, 11) is 0. The Balaban J connectivity index is 2.55. The number of aryl methyl sites for hydroxylation is 2. The number of nitrogens with one attached hydrogen (secondary N) is 2. The number of anilines is 1. The van der Waals surface area contributed by atoms with Crippen LogP contribution in [0.2, 0.25) is 0 Å². The van der Waals surface area contributed by atoms with Crippen molar-refractivity contribution in [2.45, 2.75) is 78.6 Å². The molecule has 0 spiro atoms. The van der Waals surface area contributed by atoms with Gasteiger partial charge in [0.2, 0.25) is 5.91 Å². The molecule has 0 radical (unpaired) electrons. The Morgan fingerprint density at radius 3 is 1.97 bits per heavy atom. The molecule has 2 rings (SSSR count). The van der Waals surface area contributed by atoms with Crippen molar-refractivity contribution < 1.29 is 19.1 Å². The fourth-order valence-electron chi connectivity index (χ4n) is 3.85. The summed E-state index contributed by atoms with van der Waals surface area (Å²) in [6.45, 7) is 14.6. The second kappa shape index (κ2) is 11.8. The molecule has 0 fully saturated rings. The molecule has 0 saturated heterocycles. The first-order valence-corrected chi connectivity index (χ1v) is 12.6. The van der Waals surface area contributed by atoms with E-state index in [1.165, 1.54) is 4.90 Å². The van der Waals surface area contributed by atoms with Gasteiger partial charge in [-0.05, 0) is 78.1 Å². The smallest absolute Gasteiger partial charge is 0.408 e. The Kier molecular flexibility index (Phi) is 9.60. The Bertz CT molecular complexity index is 1090. The van der Waals surface area contributed by atoms with E-state index in [1.807, 2.05) is 83.1 Å². The molecule has 0 aliphatic carbocycles. The van der Waals surface area contributed by atoms with Gasteiger partial charge in [-0.2, -0.15) is 12.6 Å². The van der Waals surface area contributed by atoms with Crippen LogP contribution in [-0.2, 0) is 14.3 Å². The zero-order valence-electron chi connectivity index (χ0n) is 22.5. The molecule has 8 heteroatoms. The lowest BCUT2D eigenvalue weighted by molar-refractivity contribution is -0.146. The van der Waals surface area contributed by atoms with E-state index in [0.29, 0.717) is 11.3 Å². The van der Waals surface area contributed by atoms with Gasteiger partial charge >= 0.3 is 6.09 Å². The lowest BCUT2D eigenvalue weighted by Crippen LogP contribution is -2.58. The van der Waals surface area contributed by atoms with E-state index in [-0.39, 0.29) is 11.7 Å². The summed E-state index contributed by atoms with van der Waals surface area (Å²) >= 11 is 4.33. The fraction of sp³-hybridized carbons (Fsp3) is 0.464. The molecule has 2 atom stereocenters. The number of amides is 3. The van der Waals surface area contributed by atoms with Crippen LogP contribution in [0.4, 0.5) is 10.5 Å². The third-order valence-electron chi connectivity index (χ3n) is 5.52. The third-order valence-corrected chi connectivity index (χ3v) is 5.89. The normalized spacial score (nSPS) is 13.4. The fourth-order valence-corrected chi connectivity index (χ4v) is 4.10. The molecule has 7 nitrogen and oxygen atoms in total. The van der Waals surface area contributed by atoms with Gasteiger partial charge < -0.3 is 20.3 Å². The van der Waals surface area contributed by atoms with Crippen molar-refractivity contribution in [1.82, 2.24) is 10.2 Å². The lowest BCUT2D eigenvalue weighted by atomic mass is 9.93. The minimum Gasteiger partial charge on any atom is -0.444 e. The predicted octanol–water partition coefficient (Wildman–Crippen LogP) is 5.43. The van der Waals surface area contributed by atoms with Crippen LogP contribution in [0.3, 0.4) is 0 Å². The number of nitrogens with zero attached hydrogens (tertiary/aromatic N) is 1. The van der Waals surface area contributed by atoms with E-state index >= 15 is 0 Å². The number of hydrogen-bond acceptors (Lipinski definition) is 5.